The number of aryl methyl sites for hydroxylation is 2. The van der Waals surface area contributed by atoms with Gasteiger partial charge in [-0.3, -0.25) is 9.58 Å². The number of hydrogen-bond donors (Lipinski definition) is 0. The molecule has 1 fully saturated rings. The van der Waals surface area contributed by atoms with Gasteiger partial charge < -0.3 is 9.64 Å². The zero-order valence-electron chi connectivity index (χ0n) is 12.2. The van der Waals surface area contributed by atoms with E-state index in [0.717, 1.165) is 49.2 Å². The van der Waals surface area contributed by atoms with Crippen LogP contribution in [0.2, 0.25) is 5.15 Å². The van der Waals surface area contributed by atoms with E-state index in [-0.39, 0.29) is 6.10 Å². The van der Waals surface area contributed by atoms with Crippen LogP contribution in [0.25, 0.3) is 0 Å². The standard InChI is InChI=1S/C13H23ClN4O/c1-10-12(13(14)17(4)15-10)9-18-5-6-19-11(8-18)7-16(2)3/h11H,5-9H2,1-4H3. The second-order valence-electron chi connectivity index (χ2n) is 5.47. The molecule has 108 valence electrons. The maximum atomic E-state index is 6.29. The molecule has 0 radical (unpaired) electrons. The second-order valence-corrected chi connectivity index (χ2v) is 5.83. The van der Waals surface area contributed by atoms with Crippen LogP contribution in [0.4, 0.5) is 0 Å². The van der Waals surface area contributed by atoms with Gasteiger partial charge in [-0.25, -0.2) is 0 Å². The fourth-order valence-corrected chi connectivity index (χ4v) is 2.75. The summed E-state index contributed by atoms with van der Waals surface area (Å²) < 4.78 is 7.53. The van der Waals surface area contributed by atoms with Crippen molar-refractivity contribution in [2.75, 3.05) is 40.3 Å². The summed E-state index contributed by atoms with van der Waals surface area (Å²) in [5, 5.41) is 5.11. The van der Waals surface area contributed by atoms with E-state index in [1.165, 1.54) is 0 Å². The first-order chi connectivity index (χ1) is 8.97. The van der Waals surface area contributed by atoms with Crippen LogP contribution in [-0.4, -0.2) is 66.0 Å². The maximum absolute atomic E-state index is 6.29. The van der Waals surface area contributed by atoms with Gasteiger partial charge in [0.1, 0.15) is 5.15 Å². The van der Waals surface area contributed by atoms with Crippen molar-refractivity contribution in [2.45, 2.75) is 19.6 Å². The molecule has 1 aliphatic heterocycles. The quantitative estimate of drug-likeness (QED) is 0.831. The zero-order valence-corrected chi connectivity index (χ0v) is 12.9. The lowest BCUT2D eigenvalue weighted by atomic mass is 10.2. The number of likely N-dealkylation sites (N-methyl/N-ethyl adjacent to an activating group) is 1. The van der Waals surface area contributed by atoms with Gasteiger partial charge in [0.15, 0.2) is 0 Å². The van der Waals surface area contributed by atoms with Gasteiger partial charge in [-0.1, -0.05) is 11.6 Å². The van der Waals surface area contributed by atoms with Gasteiger partial charge in [-0.05, 0) is 21.0 Å². The van der Waals surface area contributed by atoms with Crippen molar-refractivity contribution in [3.63, 3.8) is 0 Å². The van der Waals surface area contributed by atoms with E-state index in [1.807, 2.05) is 14.0 Å². The Morgan fingerprint density at radius 3 is 2.79 bits per heavy atom. The predicted octanol–water partition coefficient (Wildman–Crippen LogP) is 1.14. The Morgan fingerprint density at radius 1 is 1.47 bits per heavy atom. The number of morpholine rings is 1. The fraction of sp³-hybridized carbons (Fsp3) is 0.769. The first-order valence-corrected chi connectivity index (χ1v) is 7.02. The minimum atomic E-state index is 0.277. The summed E-state index contributed by atoms with van der Waals surface area (Å²) in [6.07, 6.45) is 0.277. The number of rotatable bonds is 4. The highest BCUT2D eigenvalue weighted by molar-refractivity contribution is 6.30. The largest absolute Gasteiger partial charge is 0.374 e. The van der Waals surface area contributed by atoms with E-state index in [1.54, 1.807) is 4.68 Å². The molecule has 6 heteroatoms. The Hall–Kier alpha value is -0.620. The summed E-state index contributed by atoms with van der Waals surface area (Å²) >= 11 is 6.29. The van der Waals surface area contributed by atoms with Crippen molar-refractivity contribution in [3.05, 3.63) is 16.4 Å². The molecule has 0 bridgehead atoms. The average molecular weight is 287 g/mol. The van der Waals surface area contributed by atoms with Crippen molar-refractivity contribution in [2.24, 2.45) is 7.05 Å². The van der Waals surface area contributed by atoms with Gasteiger partial charge in [-0.15, -0.1) is 0 Å². The van der Waals surface area contributed by atoms with Crippen LogP contribution in [0.1, 0.15) is 11.3 Å². The topological polar surface area (TPSA) is 33.5 Å². The first-order valence-electron chi connectivity index (χ1n) is 6.64. The molecule has 0 amide bonds. The smallest absolute Gasteiger partial charge is 0.131 e. The van der Waals surface area contributed by atoms with Crippen molar-refractivity contribution >= 4 is 11.6 Å². The molecule has 2 rings (SSSR count). The molecule has 2 heterocycles. The van der Waals surface area contributed by atoms with Gasteiger partial charge in [0.05, 0.1) is 18.4 Å². The van der Waals surface area contributed by atoms with E-state index < -0.39 is 0 Å². The number of nitrogens with zero attached hydrogens (tertiary/aromatic N) is 4. The molecule has 5 nitrogen and oxygen atoms in total. The molecule has 1 aliphatic rings. The molecule has 1 saturated heterocycles. The molecule has 0 N–H and O–H groups in total. The van der Waals surface area contributed by atoms with Crippen molar-refractivity contribution in [3.8, 4) is 0 Å². The Labute approximate surface area is 120 Å². The van der Waals surface area contributed by atoms with Crippen molar-refractivity contribution in [1.29, 1.82) is 0 Å². The van der Waals surface area contributed by atoms with E-state index in [0.29, 0.717) is 0 Å². The third-order valence-corrected chi connectivity index (χ3v) is 3.92. The second kappa shape index (κ2) is 6.22. The Morgan fingerprint density at radius 2 is 2.21 bits per heavy atom. The first kappa shape index (κ1) is 14.8. The zero-order chi connectivity index (χ0) is 14.0. The third kappa shape index (κ3) is 3.69. The molecule has 1 atom stereocenters. The molecular weight excluding hydrogens is 264 g/mol. The van der Waals surface area contributed by atoms with Crippen LogP contribution in [0.15, 0.2) is 0 Å². The van der Waals surface area contributed by atoms with E-state index >= 15 is 0 Å². The van der Waals surface area contributed by atoms with Crippen LogP contribution in [0.3, 0.4) is 0 Å². The molecule has 0 spiro atoms. The van der Waals surface area contributed by atoms with Gasteiger partial charge in [0.25, 0.3) is 0 Å². The molecule has 1 unspecified atom stereocenters. The SMILES string of the molecule is Cc1nn(C)c(Cl)c1CN1CCOC(CN(C)C)C1. The third-order valence-electron chi connectivity index (χ3n) is 3.44. The number of halogens is 1. The monoisotopic (exact) mass is 286 g/mol. The minimum Gasteiger partial charge on any atom is -0.374 e. The fourth-order valence-electron chi connectivity index (χ4n) is 2.52. The summed E-state index contributed by atoms with van der Waals surface area (Å²) in [4.78, 5) is 4.56. The van der Waals surface area contributed by atoms with Crippen LogP contribution < -0.4 is 0 Å². The van der Waals surface area contributed by atoms with Crippen LogP contribution in [0, 0.1) is 6.92 Å². The molecule has 0 aromatic carbocycles. The van der Waals surface area contributed by atoms with Crippen LogP contribution >= 0.6 is 11.6 Å². The molecule has 0 aliphatic carbocycles. The predicted molar refractivity (Wildman–Crippen MR) is 76.5 cm³/mol. The van der Waals surface area contributed by atoms with Gasteiger partial charge >= 0.3 is 0 Å². The number of ether oxygens (including phenoxy) is 1. The molecular formula is C13H23ClN4O. The molecule has 19 heavy (non-hydrogen) atoms. The lowest BCUT2D eigenvalue weighted by Crippen LogP contribution is -2.46. The molecule has 1 aromatic rings. The van der Waals surface area contributed by atoms with Gasteiger partial charge in [0.2, 0.25) is 0 Å². The van der Waals surface area contributed by atoms with Crippen LogP contribution in [0.5, 0.6) is 0 Å². The molecule has 1 aromatic heterocycles. The normalized spacial score (nSPS) is 21.3. The number of aromatic nitrogens is 2. The highest BCUT2D eigenvalue weighted by atomic mass is 35.5. The summed E-state index contributed by atoms with van der Waals surface area (Å²) in [6.45, 7) is 6.51. The summed E-state index contributed by atoms with van der Waals surface area (Å²) in [5.74, 6) is 0. The van der Waals surface area contributed by atoms with Crippen molar-refractivity contribution in [1.82, 2.24) is 19.6 Å². The van der Waals surface area contributed by atoms with E-state index in [4.69, 9.17) is 16.3 Å². The lowest BCUT2D eigenvalue weighted by Gasteiger charge is -2.34. The Bertz CT molecular complexity index is 433. The number of hydrogen-bond acceptors (Lipinski definition) is 4. The Balaban J connectivity index is 1.98. The average Bonchev–Trinajstić information content (AvgIpc) is 2.56. The highest BCUT2D eigenvalue weighted by Crippen LogP contribution is 2.21. The summed E-state index contributed by atoms with van der Waals surface area (Å²) in [5.41, 5.74) is 2.15. The summed E-state index contributed by atoms with van der Waals surface area (Å²) in [7, 11) is 6.03. The summed E-state index contributed by atoms with van der Waals surface area (Å²) in [6, 6.07) is 0. The van der Waals surface area contributed by atoms with Gasteiger partial charge in [-0.2, -0.15) is 5.10 Å². The highest BCUT2D eigenvalue weighted by Gasteiger charge is 2.23. The molecule has 0 saturated carbocycles. The maximum Gasteiger partial charge on any atom is 0.131 e. The Kier molecular flexibility index (Phi) is 4.84. The van der Waals surface area contributed by atoms with Crippen LogP contribution in [-0.2, 0) is 18.3 Å². The minimum absolute atomic E-state index is 0.277. The van der Waals surface area contributed by atoms with E-state index in [9.17, 15) is 0 Å². The van der Waals surface area contributed by atoms with Gasteiger partial charge in [0, 0.05) is 38.8 Å². The lowest BCUT2D eigenvalue weighted by molar-refractivity contribution is -0.0407. The van der Waals surface area contributed by atoms with Crippen molar-refractivity contribution < 1.29 is 4.74 Å². The van der Waals surface area contributed by atoms with E-state index in [2.05, 4.69) is 29.0 Å².